The molecule has 2 aromatic heterocycles. The summed E-state index contributed by atoms with van der Waals surface area (Å²) in [5.74, 6) is -0.428. The number of fused-ring (bicyclic) bond motifs is 5. The second-order valence-corrected chi connectivity index (χ2v) is 9.73. The molecule has 5 heterocycles. The van der Waals surface area contributed by atoms with Gasteiger partial charge in [-0.05, 0) is 37.8 Å². The molecule has 6 rings (SSSR count). The van der Waals surface area contributed by atoms with Gasteiger partial charge in [0.25, 0.3) is 5.91 Å². The summed E-state index contributed by atoms with van der Waals surface area (Å²) in [7, 11) is 0. The molecule has 178 valence electrons. The lowest BCUT2D eigenvalue weighted by Crippen LogP contribution is -2.47. The zero-order chi connectivity index (χ0) is 23.4. The molecule has 0 N–H and O–H groups in total. The normalized spacial score (nSPS) is 24.1. The van der Waals surface area contributed by atoms with Crippen LogP contribution in [0.25, 0.3) is 5.65 Å². The number of piperidine rings is 1. The van der Waals surface area contributed by atoms with Crippen molar-refractivity contribution in [1.82, 2.24) is 24.4 Å². The van der Waals surface area contributed by atoms with Crippen molar-refractivity contribution in [3.8, 4) is 5.75 Å². The number of hydrogen-bond donors (Lipinski definition) is 0. The minimum atomic E-state index is -0.451. The third kappa shape index (κ3) is 3.71. The molecule has 34 heavy (non-hydrogen) atoms. The first-order valence-electron chi connectivity index (χ1n) is 11.6. The zero-order valence-electron chi connectivity index (χ0n) is 18.5. The van der Waals surface area contributed by atoms with Gasteiger partial charge in [-0.25, -0.2) is 18.3 Å². The van der Waals surface area contributed by atoms with E-state index in [9.17, 15) is 13.6 Å². The molecule has 0 radical (unpaired) electrons. The van der Waals surface area contributed by atoms with Crippen LogP contribution in [-0.2, 0) is 13.1 Å². The molecule has 2 atom stereocenters. The van der Waals surface area contributed by atoms with Gasteiger partial charge in [-0.1, -0.05) is 11.6 Å². The average Bonchev–Trinajstić information content (AvgIpc) is 3.42. The van der Waals surface area contributed by atoms with E-state index in [1.54, 1.807) is 21.8 Å². The Morgan fingerprint density at radius 2 is 2.00 bits per heavy atom. The summed E-state index contributed by atoms with van der Waals surface area (Å²) in [6, 6.07) is 4.61. The minimum Gasteiger partial charge on any atom is -0.489 e. The fourth-order valence-corrected chi connectivity index (χ4v) is 5.91. The summed E-state index contributed by atoms with van der Waals surface area (Å²) in [6.07, 6.45) is 6.66. The third-order valence-corrected chi connectivity index (χ3v) is 7.44. The number of aromatic nitrogens is 3. The maximum absolute atomic E-state index is 14.2. The molecule has 0 aliphatic carbocycles. The maximum atomic E-state index is 14.2. The predicted molar refractivity (Wildman–Crippen MR) is 121 cm³/mol. The van der Waals surface area contributed by atoms with E-state index in [4.69, 9.17) is 16.3 Å². The minimum absolute atomic E-state index is 0.129. The van der Waals surface area contributed by atoms with Gasteiger partial charge < -0.3 is 9.64 Å². The van der Waals surface area contributed by atoms with Crippen LogP contribution in [0.2, 0.25) is 5.02 Å². The van der Waals surface area contributed by atoms with E-state index in [-0.39, 0.29) is 36.5 Å². The Kier molecular flexibility index (Phi) is 5.41. The molecule has 3 aromatic rings. The van der Waals surface area contributed by atoms with Crippen LogP contribution in [0.5, 0.6) is 5.75 Å². The SMILES string of the molecule is O=C(c1ccc(F)cc1OC1CC2CCC(C1)N2CCF)N1Cc2nn3cc(Cl)cnc3c2C1. The van der Waals surface area contributed by atoms with Gasteiger partial charge in [0.15, 0.2) is 5.65 Å². The first-order chi connectivity index (χ1) is 16.5. The largest absolute Gasteiger partial charge is 0.489 e. The number of halogens is 3. The lowest BCUT2D eigenvalue weighted by molar-refractivity contribution is 0.0445. The lowest BCUT2D eigenvalue weighted by atomic mass is 9.99. The highest BCUT2D eigenvalue weighted by molar-refractivity contribution is 6.30. The van der Waals surface area contributed by atoms with E-state index in [0.29, 0.717) is 35.9 Å². The van der Waals surface area contributed by atoms with E-state index in [1.165, 1.54) is 18.2 Å². The zero-order valence-corrected chi connectivity index (χ0v) is 19.2. The van der Waals surface area contributed by atoms with Gasteiger partial charge >= 0.3 is 0 Å². The molecule has 2 saturated heterocycles. The van der Waals surface area contributed by atoms with Gasteiger partial charge in [-0.3, -0.25) is 9.69 Å². The number of nitrogens with zero attached hydrogens (tertiary/aromatic N) is 5. The molecule has 2 unspecified atom stereocenters. The van der Waals surface area contributed by atoms with Crippen molar-refractivity contribution in [1.29, 1.82) is 0 Å². The molecule has 2 bridgehead atoms. The highest BCUT2D eigenvalue weighted by atomic mass is 35.5. The number of hydrogen-bond acceptors (Lipinski definition) is 5. The van der Waals surface area contributed by atoms with E-state index in [0.717, 1.165) is 36.9 Å². The Morgan fingerprint density at radius 3 is 2.76 bits per heavy atom. The molecule has 3 aliphatic heterocycles. The fraction of sp³-hybridized carbons (Fsp3) is 0.458. The molecule has 1 amide bonds. The van der Waals surface area contributed by atoms with Crippen LogP contribution >= 0.6 is 11.6 Å². The molecule has 7 nitrogen and oxygen atoms in total. The molecule has 0 spiro atoms. The van der Waals surface area contributed by atoms with Crippen molar-refractivity contribution in [2.45, 2.75) is 57.0 Å². The molecule has 0 saturated carbocycles. The van der Waals surface area contributed by atoms with Gasteiger partial charge in [0.2, 0.25) is 0 Å². The van der Waals surface area contributed by atoms with Crippen LogP contribution in [-0.4, -0.2) is 61.7 Å². The summed E-state index contributed by atoms with van der Waals surface area (Å²) in [5, 5.41) is 4.99. The summed E-state index contributed by atoms with van der Waals surface area (Å²) in [6.45, 7) is 0.783. The molecular weight excluding hydrogens is 464 g/mol. The number of ether oxygens (including phenoxy) is 1. The van der Waals surface area contributed by atoms with Gasteiger partial charge in [0, 0.05) is 36.5 Å². The van der Waals surface area contributed by atoms with Gasteiger partial charge in [-0.2, -0.15) is 5.10 Å². The van der Waals surface area contributed by atoms with Crippen LogP contribution in [0.4, 0.5) is 8.78 Å². The molecule has 3 aliphatic rings. The number of rotatable bonds is 5. The molecule has 10 heteroatoms. The summed E-state index contributed by atoms with van der Waals surface area (Å²) < 4.78 is 35.0. The topological polar surface area (TPSA) is 63.0 Å². The smallest absolute Gasteiger partial charge is 0.258 e. The summed E-state index contributed by atoms with van der Waals surface area (Å²) in [5.41, 5.74) is 2.65. The average molecular weight is 488 g/mol. The standard InChI is InChI=1S/C24H24ClF2N5O2/c25-14-10-28-23-20-12-30(13-21(20)29-32(23)11-14)24(33)19-4-1-15(27)7-22(19)34-18-8-16-2-3-17(9-18)31(16)6-5-26/h1,4,7,10-11,16-18H,2-3,5-6,8-9,12-13H2. The Labute approximate surface area is 200 Å². The van der Waals surface area contributed by atoms with Gasteiger partial charge in [0.05, 0.1) is 35.6 Å². The molecule has 2 fully saturated rings. The summed E-state index contributed by atoms with van der Waals surface area (Å²) >= 11 is 6.00. The van der Waals surface area contributed by atoms with Crippen molar-refractivity contribution in [3.05, 3.63) is 58.3 Å². The molecular formula is C24H24ClF2N5O2. The number of alkyl halides is 1. The van der Waals surface area contributed by atoms with Gasteiger partial charge in [0.1, 0.15) is 24.3 Å². The Bertz CT molecular complexity index is 1250. The van der Waals surface area contributed by atoms with Gasteiger partial charge in [-0.15, -0.1) is 0 Å². The number of carbonyl (C=O) groups excluding carboxylic acids is 1. The van der Waals surface area contributed by atoms with Crippen LogP contribution in [0, 0.1) is 5.82 Å². The van der Waals surface area contributed by atoms with E-state index < -0.39 is 5.82 Å². The van der Waals surface area contributed by atoms with Crippen molar-refractivity contribution in [2.75, 3.05) is 13.2 Å². The van der Waals surface area contributed by atoms with E-state index in [2.05, 4.69) is 15.0 Å². The van der Waals surface area contributed by atoms with Crippen LogP contribution < -0.4 is 4.74 Å². The third-order valence-electron chi connectivity index (χ3n) is 7.25. The van der Waals surface area contributed by atoms with E-state index >= 15 is 0 Å². The fourth-order valence-electron chi connectivity index (χ4n) is 5.77. The highest BCUT2D eigenvalue weighted by Crippen LogP contribution is 2.38. The second kappa shape index (κ2) is 8.46. The first-order valence-corrected chi connectivity index (χ1v) is 12.0. The Morgan fingerprint density at radius 1 is 1.21 bits per heavy atom. The van der Waals surface area contributed by atoms with Crippen molar-refractivity contribution in [3.63, 3.8) is 0 Å². The predicted octanol–water partition coefficient (Wildman–Crippen LogP) is 4.02. The van der Waals surface area contributed by atoms with Crippen molar-refractivity contribution < 1.29 is 18.3 Å². The van der Waals surface area contributed by atoms with Crippen molar-refractivity contribution in [2.24, 2.45) is 0 Å². The monoisotopic (exact) mass is 487 g/mol. The maximum Gasteiger partial charge on any atom is 0.258 e. The second-order valence-electron chi connectivity index (χ2n) is 9.29. The lowest BCUT2D eigenvalue weighted by Gasteiger charge is -2.38. The van der Waals surface area contributed by atoms with Crippen molar-refractivity contribution >= 4 is 23.2 Å². The van der Waals surface area contributed by atoms with Crippen LogP contribution in [0.15, 0.2) is 30.6 Å². The van der Waals surface area contributed by atoms with Crippen LogP contribution in [0.3, 0.4) is 0 Å². The van der Waals surface area contributed by atoms with E-state index in [1.807, 2.05) is 0 Å². The quantitative estimate of drug-likeness (QED) is 0.544. The Balaban J connectivity index is 1.21. The molecule has 1 aromatic carbocycles. The summed E-state index contributed by atoms with van der Waals surface area (Å²) in [4.78, 5) is 21.7. The van der Waals surface area contributed by atoms with Crippen LogP contribution in [0.1, 0.15) is 47.3 Å². The highest BCUT2D eigenvalue weighted by Gasteiger charge is 2.41. The first kappa shape index (κ1) is 21.7. The number of amides is 1. The number of carbonyl (C=O) groups is 1. The number of benzene rings is 1. The Hall–Kier alpha value is -2.78.